The molecule has 0 spiro atoms. The molecule has 20 heavy (non-hydrogen) atoms. The van der Waals surface area contributed by atoms with Gasteiger partial charge in [0.15, 0.2) is 5.13 Å². The van der Waals surface area contributed by atoms with Crippen LogP contribution in [0.15, 0.2) is 17.5 Å². The molecule has 0 fully saturated rings. The van der Waals surface area contributed by atoms with Crippen LogP contribution in [0.5, 0.6) is 5.75 Å². The minimum absolute atomic E-state index is 0.00337. The maximum atomic E-state index is 11.1. The lowest BCUT2D eigenvalue weighted by molar-refractivity contribution is 0.0693. The molecule has 2 aromatic rings. The molecule has 1 aromatic heterocycles. The fourth-order valence-electron chi connectivity index (χ4n) is 1.53. The number of carbonyl (C=O) groups is 1. The van der Waals surface area contributed by atoms with E-state index in [9.17, 15) is 4.79 Å². The third kappa shape index (κ3) is 3.15. The standard InChI is InChI=1S/C12H10Cl2N2O3S/c1-19-10-3-9(8(14)2-7(10)11(17)18)16-12-15-6(4-13)5-20-12/h2-3,5H,4H2,1H3,(H,15,16)(H,17,18). The number of halogens is 2. The zero-order valence-electron chi connectivity index (χ0n) is 10.3. The monoisotopic (exact) mass is 332 g/mol. The van der Waals surface area contributed by atoms with Crippen LogP contribution in [0.2, 0.25) is 5.02 Å². The Balaban J connectivity index is 2.34. The maximum absolute atomic E-state index is 11.1. The molecule has 1 heterocycles. The molecule has 0 amide bonds. The van der Waals surface area contributed by atoms with E-state index in [2.05, 4.69) is 10.3 Å². The topological polar surface area (TPSA) is 71.5 Å². The van der Waals surface area contributed by atoms with Gasteiger partial charge in [0.1, 0.15) is 11.3 Å². The van der Waals surface area contributed by atoms with Gasteiger partial charge < -0.3 is 15.2 Å². The summed E-state index contributed by atoms with van der Waals surface area (Å²) in [6.07, 6.45) is 0. The normalized spacial score (nSPS) is 10.3. The van der Waals surface area contributed by atoms with E-state index < -0.39 is 5.97 Å². The SMILES string of the molecule is COc1cc(Nc2nc(CCl)cs2)c(Cl)cc1C(=O)O. The lowest BCUT2D eigenvalue weighted by Crippen LogP contribution is -2.02. The largest absolute Gasteiger partial charge is 0.496 e. The molecule has 0 saturated carbocycles. The molecule has 0 unspecified atom stereocenters. The van der Waals surface area contributed by atoms with E-state index >= 15 is 0 Å². The molecule has 0 atom stereocenters. The van der Waals surface area contributed by atoms with Crippen LogP contribution < -0.4 is 10.1 Å². The summed E-state index contributed by atoms with van der Waals surface area (Å²) in [6, 6.07) is 2.86. The molecule has 0 aliphatic rings. The third-order valence-corrected chi connectivity index (χ3v) is 3.84. The van der Waals surface area contributed by atoms with Gasteiger partial charge in [-0.2, -0.15) is 0 Å². The predicted octanol–water partition coefficient (Wildman–Crippen LogP) is 3.99. The second-order valence-corrected chi connectivity index (χ2v) is 5.27. The highest BCUT2D eigenvalue weighted by Crippen LogP contribution is 2.33. The number of methoxy groups -OCH3 is 1. The number of nitrogens with one attached hydrogen (secondary N) is 1. The predicted molar refractivity (Wildman–Crippen MR) is 79.9 cm³/mol. The fourth-order valence-corrected chi connectivity index (χ4v) is 2.69. The number of thiazole rings is 1. The number of carboxylic acid groups (broad SMARTS) is 1. The number of anilines is 2. The van der Waals surface area contributed by atoms with Crippen molar-refractivity contribution in [1.82, 2.24) is 4.98 Å². The number of alkyl halides is 1. The van der Waals surface area contributed by atoms with Crippen molar-refractivity contribution < 1.29 is 14.6 Å². The molecule has 0 aliphatic carbocycles. The number of aromatic nitrogens is 1. The first-order valence-corrected chi connectivity index (χ1v) is 7.22. The Labute approximate surface area is 129 Å². The summed E-state index contributed by atoms with van der Waals surface area (Å²) in [5.74, 6) is -0.555. The average Bonchev–Trinajstić information content (AvgIpc) is 2.88. The summed E-state index contributed by atoms with van der Waals surface area (Å²) in [6.45, 7) is 0. The highest BCUT2D eigenvalue weighted by molar-refractivity contribution is 7.13. The van der Waals surface area contributed by atoms with Crippen LogP contribution in [0.4, 0.5) is 10.8 Å². The number of aromatic carboxylic acids is 1. The number of ether oxygens (including phenoxy) is 1. The molecule has 2 N–H and O–H groups in total. The summed E-state index contributed by atoms with van der Waals surface area (Å²) in [7, 11) is 1.40. The zero-order valence-corrected chi connectivity index (χ0v) is 12.6. The highest BCUT2D eigenvalue weighted by atomic mass is 35.5. The number of benzene rings is 1. The number of hydrogen-bond donors (Lipinski definition) is 2. The number of carboxylic acids is 1. The van der Waals surface area contributed by atoms with E-state index in [4.69, 9.17) is 33.0 Å². The van der Waals surface area contributed by atoms with Crippen LogP contribution in [0.1, 0.15) is 16.1 Å². The van der Waals surface area contributed by atoms with Crippen LogP contribution in [0, 0.1) is 0 Å². The Bertz CT molecular complexity index is 646. The minimum Gasteiger partial charge on any atom is -0.496 e. The van der Waals surface area contributed by atoms with Gasteiger partial charge in [0.2, 0.25) is 0 Å². The van der Waals surface area contributed by atoms with Gasteiger partial charge in [-0.25, -0.2) is 9.78 Å². The van der Waals surface area contributed by atoms with Gasteiger partial charge in [0.25, 0.3) is 0 Å². The van der Waals surface area contributed by atoms with Crippen molar-refractivity contribution in [2.45, 2.75) is 5.88 Å². The smallest absolute Gasteiger partial charge is 0.339 e. The highest BCUT2D eigenvalue weighted by Gasteiger charge is 2.15. The van der Waals surface area contributed by atoms with Crippen LogP contribution in [-0.4, -0.2) is 23.2 Å². The van der Waals surface area contributed by atoms with Gasteiger partial charge >= 0.3 is 5.97 Å². The molecular formula is C12H10Cl2N2O3S. The molecule has 1 aromatic carbocycles. The minimum atomic E-state index is -1.10. The maximum Gasteiger partial charge on any atom is 0.339 e. The molecule has 0 saturated heterocycles. The van der Waals surface area contributed by atoms with E-state index in [-0.39, 0.29) is 16.3 Å². The molecule has 5 nitrogen and oxygen atoms in total. The van der Waals surface area contributed by atoms with Crippen molar-refractivity contribution in [2.24, 2.45) is 0 Å². The summed E-state index contributed by atoms with van der Waals surface area (Å²) in [5, 5.41) is 14.8. The van der Waals surface area contributed by atoms with Crippen molar-refractivity contribution in [3.05, 3.63) is 33.8 Å². The quantitative estimate of drug-likeness (QED) is 0.810. The van der Waals surface area contributed by atoms with Gasteiger partial charge in [0.05, 0.1) is 29.4 Å². The molecule has 0 bridgehead atoms. The molecular weight excluding hydrogens is 323 g/mol. The van der Waals surface area contributed by atoms with Crippen LogP contribution in [-0.2, 0) is 5.88 Å². The average molecular weight is 333 g/mol. The van der Waals surface area contributed by atoms with E-state index in [1.165, 1.54) is 30.6 Å². The second kappa shape index (κ2) is 6.30. The van der Waals surface area contributed by atoms with Gasteiger partial charge in [-0.05, 0) is 6.07 Å². The summed E-state index contributed by atoms with van der Waals surface area (Å²) in [4.78, 5) is 15.3. The number of hydrogen-bond acceptors (Lipinski definition) is 5. The van der Waals surface area contributed by atoms with E-state index in [1.807, 2.05) is 5.38 Å². The van der Waals surface area contributed by atoms with Crippen molar-refractivity contribution in [3.8, 4) is 5.75 Å². The van der Waals surface area contributed by atoms with Crippen molar-refractivity contribution in [1.29, 1.82) is 0 Å². The van der Waals surface area contributed by atoms with Crippen LogP contribution in [0.3, 0.4) is 0 Å². The lowest BCUT2D eigenvalue weighted by atomic mass is 10.2. The van der Waals surface area contributed by atoms with Crippen molar-refractivity contribution in [2.75, 3.05) is 12.4 Å². The fraction of sp³-hybridized carbons (Fsp3) is 0.167. The van der Waals surface area contributed by atoms with E-state index in [1.54, 1.807) is 0 Å². The number of nitrogens with zero attached hydrogens (tertiary/aromatic N) is 1. The third-order valence-electron chi connectivity index (χ3n) is 2.45. The van der Waals surface area contributed by atoms with Crippen molar-refractivity contribution >= 4 is 51.3 Å². The Morgan fingerprint density at radius 1 is 1.55 bits per heavy atom. The number of rotatable bonds is 5. The molecule has 106 valence electrons. The Morgan fingerprint density at radius 2 is 2.30 bits per heavy atom. The molecule has 8 heteroatoms. The Hall–Kier alpha value is -1.50. The first kappa shape index (κ1) is 14.9. The zero-order chi connectivity index (χ0) is 14.7. The molecule has 0 radical (unpaired) electrons. The Kier molecular flexibility index (Phi) is 4.69. The van der Waals surface area contributed by atoms with E-state index in [0.717, 1.165) is 5.69 Å². The lowest BCUT2D eigenvalue weighted by Gasteiger charge is -2.10. The van der Waals surface area contributed by atoms with Crippen LogP contribution in [0.25, 0.3) is 0 Å². The first-order valence-electron chi connectivity index (χ1n) is 5.43. The van der Waals surface area contributed by atoms with Gasteiger partial charge in [0, 0.05) is 11.4 Å². The second-order valence-electron chi connectivity index (χ2n) is 3.74. The van der Waals surface area contributed by atoms with Gasteiger partial charge in [-0.15, -0.1) is 22.9 Å². The van der Waals surface area contributed by atoms with E-state index in [0.29, 0.717) is 16.7 Å². The Morgan fingerprint density at radius 3 is 2.85 bits per heavy atom. The van der Waals surface area contributed by atoms with Crippen LogP contribution >= 0.6 is 34.5 Å². The molecule has 2 rings (SSSR count). The summed E-state index contributed by atoms with van der Waals surface area (Å²) < 4.78 is 5.05. The van der Waals surface area contributed by atoms with Gasteiger partial charge in [-0.3, -0.25) is 0 Å². The first-order chi connectivity index (χ1) is 9.55. The van der Waals surface area contributed by atoms with Crippen molar-refractivity contribution in [3.63, 3.8) is 0 Å². The summed E-state index contributed by atoms with van der Waals surface area (Å²) >= 11 is 13.1. The van der Waals surface area contributed by atoms with Gasteiger partial charge in [-0.1, -0.05) is 11.6 Å². The summed E-state index contributed by atoms with van der Waals surface area (Å²) in [5.41, 5.74) is 1.28. The molecule has 0 aliphatic heterocycles.